The molecule has 0 saturated carbocycles. The standard InChI is InChI=1S/C26H37N3O7/c1-26(2,3)36-25(35)28(4)20(14-16-8-6-5-7-9-16)22(31)27-21-17(15-30)10-11-18-12-13-19(24(33)34)29(18)23(21)32/h5-9,17-21,30H,10-15H2,1-4H3,(H,27,31)(H,33,34)/t17-,18+,19+,20-,21+/m1/s1. The van der Waals surface area contributed by atoms with Crippen LogP contribution in [0.1, 0.15) is 52.0 Å². The summed E-state index contributed by atoms with van der Waals surface area (Å²) in [6.45, 7) is 4.85. The van der Waals surface area contributed by atoms with Crippen LogP contribution in [0.15, 0.2) is 30.3 Å². The largest absolute Gasteiger partial charge is 0.480 e. The number of hydrogen-bond donors (Lipinski definition) is 3. The first-order valence-electron chi connectivity index (χ1n) is 12.4. The number of hydrogen-bond acceptors (Lipinski definition) is 6. The number of likely N-dealkylation sites (N-methyl/N-ethyl adjacent to an activating group) is 1. The van der Waals surface area contributed by atoms with Gasteiger partial charge in [0, 0.05) is 32.0 Å². The zero-order valence-corrected chi connectivity index (χ0v) is 21.3. The number of aliphatic hydroxyl groups is 1. The third-order valence-electron chi connectivity index (χ3n) is 6.91. The van der Waals surface area contributed by atoms with Crippen molar-refractivity contribution in [1.29, 1.82) is 0 Å². The fourth-order valence-corrected chi connectivity index (χ4v) is 5.01. The molecule has 2 fully saturated rings. The molecule has 5 atom stereocenters. The Bertz CT molecular complexity index is 962. The minimum absolute atomic E-state index is 0.178. The van der Waals surface area contributed by atoms with Crippen LogP contribution in [-0.4, -0.2) is 87.3 Å². The van der Waals surface area contributed by atoms with Gasteiger partial charge in [0.15, 0.2) is 0 Å². The molecule has 198 valence electrons. The van der Waals surface area contributed by atoms with Gasteiger partial charge in [0.05, 0.1) is 0 Å². The van der Waals surface area contributed by atoms with E-state index in [2.05, 4.69) is 5.32 Å². The number of ether oxygens (including phenoxy) is 1. The van der Waals surface area contributed by atoms with E-state index in [1.807, 2.05) is 30.3 Å². The number of rotatable bonds is 7. The van der Waals surface area contributed by atoms with Crippen molar-refractivity contribution in [3.63, 3.8) is 0 Å². The quantitative estimate of drug-likeness (QED) is 0.516. The van der Waals surface area contributed by atoms with E-state index in [-0.39, 0.29) is 19.1 Å². The molecule has 2 aliphatic heterocycles. The van der Waals surface area contributed by atoms with Crippen LogP contribution >= 0.6 is 0 Å². The summed E-state index contributed by atoms with van der Waals surface area (Å²) in [4.78, 5) is 54.4. The van der Waals surface area contributed by atoms with Crippen LogP contribution in [0.2, 0.25) is 0 Å². The van der Waals surface area contributed by atoms with Gasteiger partial charge in [-0.2, -0.15) is 0 Å². The van der Waals surface area contributed by atoms with E-state index in [1.165, 1.54) is 16.8 Å². The molecule has 0 spiro atoms. The minimum Gasteiger partial charge on any atom is -0.480 e. The number of carbonyl (C=O) groups is 4. The third kappa shape index (κ3) is 6.34. The van der Waals surface area contributed by atoms with Gasteiger partial charge in [-0.05, 0) is 52.0 Å². The number of benzene rings is 1. The summed E-state index contributed by atoms with van der Waals surface area (Å²) >= 11 is 0. The number of aliphatic carboxylic acids is 1. The number of carboxylic acid groups (broad SMARTS) is 1. The molecular formula is C26H37N3O7. The Balaban J connectivity index is 1.88. The van der Waals surface area contributed by atoms with Crippen molar-refractivity contribution in [2.75, 3.05) is 13.7 Å². The van der Waals surface area contributed by atoms with Gasteiger partial charge in [-0.25, -0.2) is 9.59 Å². The first-order valence-corrected chi connectivity index (χ1v) is 12.4. The summed E-state index contributed by atoms with van der Waals surface area (Å²) in [5, 5.41) is 22.4. The van der Waals surface area contributed by atoms with E-state index >= 15 is 0 Å². The zero-order chi connectivity index (χ0) is 26.6. The molecule has 1 aromatic carbocycles. The Morgan fingerprint density at radius 3 is 2.36 bits per heavy atom. The normalized spacial score (nSPS) is 24.9. The predicted molar refractivity (Wildman–Crippen MR) is 131 cm³/mol. The number of amides is 3. The molecule has 0 unspecified atom stereocenters. The molecule has 0 aliphatic carbocycles. The van der Waals surface area contributed by atoms with Gasteiger partial charge < -0.3 is 25.2 Å². The van der Waals surface area contributed by atoms with Crippen LogP contribution < -0.4 is 5.32 Å². The van der Waals surface area contributed by atoms with E-state index in [9.17, 15) is 29.4 Å². The van der Waals surface area contributed by atoms with Gasteiger partial charge in [0.25, 0.3) is 0 Å². The fourth-order valence-electron chi connectivity index (χ4n) is 5.01. The summed E-state index contributed by atoms with van der Waals surface area (Å²) in [6.07, 6.45) is 1.44. The van der Waals surface area contributed by atoms with Gasteiger partial charge in [0.2, 0.25) is 11.8 Å². The van der Waals surface area contributed by atoms with E-state index in [1.54, 1.807) is 20.8 Å². The molecule has 2 saturated heterocycles. The molecule has 0 radical (unpaired) electrons. The highest BCUT2D eigenvalue weighted by molar-refractivity contribution is 5.94. The molecule has 1 aromatic rings. The average molecular weight is 504 g/mol. The van der Waals surface area contributed by atoms with Crippen molar-refractivity contribution in [3.8, 4) is 0 Å². The molecule has 10 nitrogen and oxygen atoms in total. The lowest BCUT2D eigenvalue weighted by Gasteiger charge is -2.33. The smallest absolute Gasteiger partial charge is 0.410 e. The van der Waals surface area contributed by atoms with E-state index in [4.69, 9.17) is 4.74 Å². The highest BCUT2D eigenvalue weighted by Gasteiger charge is 2.48. The Hall–Kier alpha value is -3.14. The first kappa shape index (κ1) is 27.4. The van der Waals surface area contributed by atoms with E-state index in [0.717, 1.165) is 5.56 Å². The average Bonchev–Trinajstić information content (AvgIpc) is 3.20. The van der Waals surface area contributed by atoms with Gasteiger partial charge in [-0.1, -0.05) is 30.3 Å². The van der Waals surface area contributed by atoms with Crippen LogP contribution in [0, 0.1) is 5.92 Å². The molecule has 3 rings (SSSR count). The topological polar surface area (TPSA) is 136 Å². The van der Waals surface area contributed by atoms with Crippen LogP contribution in [0.5, 0.6) is 0 Å². The second kappa shape index (κ2) is 11.3. The summed E-state index contributed by atoms with van der Waals surface area (Å²) in [5.41, 5.74) is 0.0408. The highest BCUT2D eigenvalue weighted by Crippen LogP contribution is 2.34. The van der Waals surface area contributed by atoms with E-state index in [0.29, 0.717) is 25.7 Å². The lowest BCUT2D eigenvalue weighted by atomic mass is 9.93. The van der Waals surface area contributed by atoms with Gasteiger partial charge in [0.1, 0.15) is 23.7 Å². The van der Waals surface area contributed by atoms with Crippen molar-refractivity contribution < 1.29 is 34.1 Å². The Kier molecular flexibility index (Phi) is 8.60. The SMILES string of the molecule is CN(C(=O)OC(C)(C)C)[C@H](Cc1ccccc1)C(=O)N[C@@H]1C(=O)N2[C@@H](CC[C@@H]1CO)CC[C@H]2C(=O)O. The molecule has 36 heavy (non-hydrogen) atoms. The second-order valence-electron chi connectivity index (χ2n) is 10.6. The summed E-state index contributed by atoms with van der Waals surface area (Å²) in [7, 11) is 1.47. The number of carbonyl (C=O) groups excluding carboxylic acids is 3. The van der Waals surface area contributed by atoms with Crippen LogP contribution in [0.3, 0.4) is 0 Å². The van der Waals surface area contributed by atoms with Gasteiger partial charge >= 0.3 is 12.1 Å². The lowest BCUT2D eigenvalue weighted by molar-refractivity contribution is -0.151. The Morgan fingerprint density at radius 2 is 1.78 bits per heavy atom. The number of fused-ring (bicyclic) bond motifs is 1. The van der Waals surface area contributed by atoms with Crippen molar-refractivity contribution in [1.82, 2.24) is 15.1 Å². The molecular weight excluding hydrogens is 466 g/mol. The summed E-state index contributed by atoms with van der Waals surface area (Å²) in [6, 6.07) is 5.88. The summed E-state index contributed by atoms with van der Waals surface area (Å²) in [5.74, 6) is -2.72. The number of nitrogens with one attached hydrogen (secondary N) is 1. The van der Waals surface area contributed by atoms with Gasteiger partial charge in [-0.15, -0.1) is 0 Å². The predicted octanol–water partition coefficient (Wildman–Crippen LogP) is 1.80. The molecule has 3 N–H and O–H groups in total. The van der Waals surface area contributed by atoms with Crippen LogP contribution in [0.4, 0.5) is 4.79 Å². The number of aliphatic hydroxyl groups excluding tert-OH is 1. The minimum atomic E-state index is -1.10. The maximum atomic E-state index is 13.6. The van der Waals surface area contributed by atoms with Gasteiger partial charge in [-0.3, -0.25) is 14.5 Å². The van der Waals surface area contributed by atoms with Crippen molar-refractivity contribution in [2.24, 2.45) is 5.92 Å². The molecule has 2 aliphatic rings. The Morgan fingerprint density at radius 1 is 1.14 bits per heavy atom. The molecule has 2 heterocycles. The number of carboxylic acids is 1. The summed E-state index contributed by atoms with van der Waals surface area (Å²) < 4.78 is 5.47. The Labute approximate surface area is 211 Å². The highest BCUT2D eigenvalue weighted by atomic mass is 16.6. The van der Waals surface area contributed by atoms with Crippen LogP contribution in [0.25, 0.3) is 0 Å². The molecule has 10 heteroatoms. The van der Waals surface area contributed by atoms with E-state index < -0.39 is 53.5 Å². The molecule has 0 bridgehead atoms. The monoisotopic (exact) mass is 503 g/mol. The second-order valence-corrected chi connectivity index (χ2v) is 10.6. The van der Waals surface area contributed by atoms with Crippen molar-refractivity contribution in [3.05, 3.63) is 35.9 Å². The maximum Gasteiger partial charge on any atom is 0.410 e. The maximum absolute atomic E-state index is 13.6. The molecule has 0 aromatic heterocycles. The zero-order valence-electron chi connectivity index (χ0n) is 21.3. The lowest BCUT2D eigenvalue weighted by Crippen LogP contribution is -2.59. The third-order valence-corrected chi connectivity index (χ3v) is 6.91. The van der Waals surface area contributed by atoms with Crippen LogP contribution in [-0.2, 0) is 25.5 Å². The van der Waals surface area contributed by atoms with Crippen molar-refractivity contribution >= 4 is 23.9 Å². The molecule has 3 amide bonds. The number of nitrogens with zero attached hydrogens (tertiary/aromatic N) is 2. The fraction of sp³-hybridized carbons (Fsp3) is 0.615. The first-order chi connectivity index (χ1) is 16.9. The van der Waals surface area contributed by atoms with Crippen molar-refractivity contribution in [2.45, 2.75) is 82.6 Å².